The van der Waals surface area contributed by atoms with Gasteiger partial charge in [-0.3, -0.25) is 9.98 Å². The van der Waals surface area contributed by atoms with Crippen LogP contribution in [0.15, 0.2) is 59.9 Å². The van der Waals surface area contributed by atoms with E-state index in [1.807, 2.05) is 18.5 Å². The van der Waals surface area contributed by atoms with Gasteiger partial charge >= 0.3 is 0 Å². The van der Waals surface area contributed by atoms with Crippen LogP contribution in [0.4, 0.5) is 0 Å². The van der Waals surface area contributed by atoms with E-state index in [4.69, 9.17) is 4.99 Å². The van der Waals surface area contributed by atoms with E-state index in [1.165, 1.54) is 11.1 Å². The van der Waals surface area contributed by atoms with Gasteiger partial charge in [-0.05, 0) is 23.3 Å². The van der Waals surface area contributed by atoms with E-state index in [0.717, 1.165) is 24.0 Å². The monoisotopic (exact) mass is 283 g/mol. The Kier molecular flexibility index (Phi) is 4.33. The minimum absolute atomic E-state index is 0.287. The number of rotatable bonds is 4. The first-order chi connectivity index (χ1) is 9.93. The predicted molar refractivity (Wildman–Crippen MR) is 85.3 cm³/mol. The number of thioether (sulfide) groups is 1. The standard InChI is InChI=1S/C16H17N3S/c1-2-4-13(5-3-1)15(14-6-8-17-9-7-14)12-19-16-18-10-11-20-16/h1-9,15H,10-12H2,(H,18,19). The summed E-state index contributed by atoms with van der Waals surface area (Å²) in [5, 5.41) is 4.38. The molecule has 3 nitrogen and oxygen atoms in total. The van der Waals surface area contributed by atoms with Crippen LogP contribution in [0.1, 0.15) is 17.0 Å². The number of hydrogen-bond acceptors (Lipinski definition) is 3. The van der Waals surface area contributed by atoms with Gasteiger partial charge in [0.15, 0.2) is 5.17 Å². The van der Waals surface area contributed by atoms with Crippen LogP contribution in [0.5, 0.6) is 0 Å². The van der Waals surface area contributed by atoms with Crippen LogP contribution in [0.3, 0.4) is 0 Å². The Morgan fingerprint density at radius 1 is 1.10 bits per heavy atom. The number of pyridine rings is 1. The Balaban J connectivity index is 1.86. The third-order valence-corrected chi connectivity index (χ3v) is 4.30. The lowest BCUT2D eigenvalue weighted by Crippen LogP contribution is -2.15. The molecule has 4 heteroatoms. The quantitative estimate of drug-likeness (QED) is 0.937. The number of amidine groups is 1. The number of benzene rings is 1. The highest BCUT2D eigenvalue weighted by atomic mass is 32.2. The number of aromatic nitrogens is 1. The van der Waals surface area contributed by atoms with Crippen molar-refractivity contribution in [3.05, 3.63) is 66.0 Å². The number of aliphatic imine (C=N–C) groups is 1. The van der Waals surface area contributed by atoms with Crippen molar-refractivity contribution in [2.45, 2.75) is 5.92 Å². The van der Waals surface area contributed by atoms with Gasteiger partial charge in [0.1, 0.15) is 0 Å². The van der Waals surface area contributed by atoms with Crippen LogP contribution in [0.2, 0.25) is 0 Å². The van der Waals surface area contributed by atoms with Crippen LogP contribution in [-0.2, 0) is 0 Å². The second-order valence-electron chi connectivity index (χ2n) is 4.66. The molecule has 1 fully saturated rings. The molecule has 0 amide bonds. The second kappa shape index (κ2) is 6.57. The molecule has 1 aromatic carbocycles. The molecule has 1 aliphatic heterocycles. The molecule has 0 bridgehead atoms. The summed E-state index contributed by atoms with van der Waals surface area (Å²) in [6, 6.07) is 14.7. The van der Waals surface area contributed by atoms with Crippen LogP contribution in [-0.4, -0.2) is 29.0 Å². The first kappa shape index (κ1) is 13.2. The van der Waals surface area contributed by atoms with Gasteiger partial charge in [-0.1, -0.05) is 42.1 Å². The van der Waals surface area contributed by atoms with E-state index in [0.29, 0.717) is 0 Å². The van der Waals surface area contributed by atoms with Gasteiger partial charge in [0.05, 0.1) is 6.54 Å². The molecule has 20 heavy (non-hydrogen) atoms. The number of hydrogen-bond donors (Lipinski definition) is 1. The SMILES string of the molecule is c1ccc(C(CN=C2NCCS2)c2ccncc2)cc1. The number of nitrogens with zero attached hydrogens (tertiary/aromatic N) is 2. The van der Waals surface area contributed by atoms with Crippen LogP contribution >= 0.6 is 11.8 Å². The Labute approximate surface area is 123 Å². The van der Waals surface area contributed by atoms with Crippen molar-refractivity contribution < 1.29 is 0 Å². The molecule has 0 spiro atoms. The van der Waals surface area contributed by atoms with Crippen LogP contribution < -0.4 is 5.32 Å². The average molecular weight is 283 g/mol. The molecule has 2 heterocycles. The summed E-state index contributed by atoms with van der Waals surface area (Å²) in [4.78, 5) is 8.83. The van der Waals surface area contributed by atoms with Crippen molar-refractivity contribution in [1.29, 1.82) is 0 Å². The summed E-state index contributed by atoms with van der Waals surface area (Å²) in [7, 11) is 0. The minimum Gasteiger partial charge on any atom is -0.364 e. The molecule has 102 valence electrons. The maximum absolute atomic E-state index is 4.72. The molecular formula is C16H17N3S. The second-order valence-corrected chi connectivity index (χ2v) is 5.75. The zero-order valence-corrected chi connectivity index (χ0v) is 12.0. The molecular weight excluding hydrogens is 266 g/mol. The highest BCUT2D eigenvalue weighted by molar-refractivity contribution is 8.14. The maximum Gasteiger partial charge on any atom is 0.156 e. The first-order valence-corrected chi connectivity index (χ1v) is 7.78. The van der Waals surface area contributed by atoms with Crippen molar-refractivity contribution in [3.63, 3.8) is 0 Å². The van der Waals surface area contributed by atoms with E-state index < -0.39 is 0 Å². The van der Waals surface area contributed by atoms with Gasteiger partial charge in [-0.15, -0.1) is 0 Å². The molecule has 0 radical (unpaired) electrons. The molecule has 1 unspecified atom stereocenters. The van der Waals surface area contributed by atoms with Crippen molar-refractivity contribution in [3.8, 4) is 0 Å². The average Bonchev–Trinajstić information content (AvgIpc) is 3.03. The summed E-state index contributed by atoms with van der Waals surface area (Å²) >= 11 is 1.80. The Bertz CT molecular complexity index is 521. The van der Waals surface area contributed by atoms with Crippen molar-refractivity contribution in [2.75, 3.05) is 18.8 Å². The molecule has 1 aliphatic rings. The fourth-order valence-electron chi connectivity index (χ4n) is 2.32. The van der Waals surface area contributed by atoms with Gasteiger partial charge in [0.2, 0.25) is 0 Å². The number of nitrogens with one attached hydrogen (secondary N) is 1. The minimum atomic E-state index is 0.287. The van der Waals surface area contributed by atoms with Gasteiger partial charge in [0, 0.05) is 30.6 Å². The van der Waals surface area contributed by atoms with Gasteiger partial charge in [0.25, 0.3) is 0 Å². The van der Waals surface area contributed by atoms with E-state index in [-0.39, 0.29) is 5.92 Å². The summed E-state index contributed by atoms with van der Waals surface area (Å²) in [5.74, 6) is 1.40. The smallest absolute Gasteiger partial charge is 0.156 e. The van der Waals surface area contributed by atoms with E-state index in [9.17, 15) is 0 Å². The summed E-state index contributed by atoms with van der Waals surface area (Å²) < 4.78 is 0. The summed E-state index contributed by atoms with van der Waals surface area (Å²) in [5.41, 5.74) is 2.56. The van der Waals surface area contributed by atoms with Crippen LogP contribution in [0.25, 0.3) is 0 Å². The van der Waals surface area contributed by atoms with Crippen molar-refractivity contribution in [2.24, 2.45) is 4.99 Å². The lowest BCUT2D eigenvalue weighted by atomic mass is 9.92. The Morgan fingerprint density at radius 2 is 1.85 bits per heavy atom. The van der Waals surface area contributed by atoms with Crippen molar-refractivity contribution >= 4 is 16.9 Å². The van der Waals surface area contributed by atoms with Crippen LogP contribution in [0, 0.1) is 0 Å². The van der Waals surface area contributed by atoms with E-state index in [2.05, 4.69) is 46.7 Å². The van der Waals surface area contributed by atoms with Gasteiger partial charge in [-0.25, -0.2) is 0 Å². The summed E-state index contributed by atoms with van der Waals surface area (Å²) in [6.45, 7) is 1.79. The lowest BCUT2D eigenvalue weighted by molar-refractivity contribution is 0.814. The molecule has 2 aromatic rings. The first-order valence-electron chi connectivity index (χ1n) is 6.79. The largest absolute Gasteiger partial charge is 0.364 e. The third-order valence-electron chi connectivity index (χ3n) is 3.34. The van der Waals surface area contributed by atoms with Gasteiger partial charge < -0.3 is 5.32 Å². The predicted octanol–water partition coefficient (Wildman–Crippen LogP) is 2.91. The van der Waals surface area contributed by atoms with E-state index >= 15 is 0 Å². The molecule has 1 aromatic heterocycles. The lowest BCUT2D eigenvalue weighted by Gasteiger charge is -2.16. The fraction of sp³-hybridized carbons (Fsp3) is 0.250. The molecule has 1 atom stereocenters. The molecule has 0 saturated carbocycles. The van der Waals surface area contributed by atoms with E-state index in [1.54, 1.807) is 11.8 Å². The molecule has 3 rings (SSSR count). The Morgan fingerprint density at radius 3 is 2.55 bits per heavy atom. The van der Waals surface area contributed by atoms with Crippen molar-refractivity contribution in [1.82, 2.24) is 10.3 Å². The summed E-state index contributed by atoms with van der Waals surface area (Å²) in [6.07, 6.45) is 3.70. The Hall–Kier alpha value is -1.81. The molecule has 0 aliphatic carbocycles. The normalized spacial score (nSPS) is 17.9. The third kappa shape index (κ3) is 3.20. The molecule has 1 saturated heterocycles. The van der Waals surface area contributed by atoms with Gasteiger partial charge in [-0.2, -0.15) is 0 Å². The molecule has 1 N–H and O–H groups in total. The highest BCUT2D eigenvalue weighted by Gasteiger charge is 2.15. The fourth-order valence-corrected chi connectivity index (χ4v) is 3.08. The highest BCUT2D eigenvalue weighted by Crippen LogP contribution is 2.25. The zero-order chi connectivity index (χ0) is 13.6. The zero-order valence-electron chi connectivity index (χ0n) is 11.2. The maximum atomic E-state index is 4.72. The topological polar surface area (TPSA) is 37.3 Å².